The molecule has 0 aliphatic rings. The molecule has 0 radical (unpaired) electrons. The molecule has 6 heteroatoms. The van der Waals surface area contributed by atoms with E-state index in [0.717, 1.165) is 0 Å². The lowest BCUT2D eigenvalue weighted by Gasteiger charge is -2.21. The maximum absolute atomic E-state index is 12.0. The molecule has 1 rings (SSSR count). The number of carboxylic acid groups (broad SMARTS) is 1. The molecule has 1 unspecified atom stereocenters. The first kappa shape index (κ1) is 15.2. The quantitative estimate of drug-likeness (QED) is 0.799. The third-order valence-corrected chi connectivity index (χ3v) is 2.69. The zero-order valence-corrected chi connectivity index (χ0v) is 11.0. The van der Waals surface area contributed by atoms with E-state index in [0.29, 0.717) is 11.3 Å². The van der Waals surface area contributed by atoms with Gasteiger partial charge in [0.15, 0.2) is 0 Å². The summed E-state index contributed by atoms with van der Waals surface area (Å²) in [5.41, 5.74) is 0.746. The zero-order valence-electron chi connectivity index (χ0n) is 11.0. The lowest BCUT2D eigenvalue weighted by Crippen LogP contribution is -2.46. The van der Waals surface area contributed by atoms with Crippen molar-refractivity contribution < 1.29 is 14.7 Å². The standard InChI is InChI=1S/C14H15N3O3/c1-3-6-11(13(18)19)16-14(20)17(2)12-8-5-4-7-10(12)9-15/h3-5,7-8,11H,1,6H2,2H3,(H,16,20)(H,18,19). The van der Waals surface area contributed by atoms with Crippen molar-refractivity contribution in [1.29, 1.82) is 5.26 Å². The zero-order chi connectivity index (χ0) is 15.1. The number of nitrogens with zero attached hydrogens (tertiary/aromatic N) is 2. The number of benzene rings is 1. The number of carbonyl (C=O) groups excluding carboxylic acids is 1. The van der Waals surface area contributed by atoms with E-state index in [9.17, 15) is 9.59 Å². The summed E-state index contributed by atoms with van der Waals surface area (Å²) in [6.45, 7) is 3.45. The Kier molecular flexibility index (Phi) is 5.30. The summed E-state index contributed by atoms with van der Waals surface area (Å²) in [7, 11) is 1.47. The summed E-state index contributed by atoms with van der Waals surface area (Å²) in [4.78, 5) is 24.2. The molecule has 2 amide bonds. The fourth-order valence-corrected chi connectivity index (χ4v) is 1.60. The predicted molar refractivity (Wildman–Crippen MR) is 74.3 cm³/mol. The molecular weight excluding hydrogens is 258 g/mol. The van der Waals surface area contributed by atoms with E-state index >= 15 is 0 Å². The topological polar surface area (TPSA) is 93.4 Å². The van der Waals surface area contributed by atoms with Gasteiger partial charge >= 0.3 is 12.0 Å². The fraction of sp³-hybridized carbons (Fsp3) is 0.214. The van der Waals surface area contributed by atoms with E-state index in [1.54, 1.807) is 24.3 Å². The SMILES string of the molecule is C=CCC(NC(=O)N(C)c1ccccc1C#N)C(=O)O. The molecule has 104 valence electrons. The second kappa shape index (κ2) is 6.95. The number of para-hydroxylation sites is 1. The predicted octanol–water partition coefficient (Wildman–Crippen LogP) is 1.73. The normalized spacial score (nSPS) is 11.0. The van der Waals surface area contributed by atoms with Crippen LogP contribution in [0.3, 0.4) is 0 Å². The average molecular weight is 273 g/mol. The highest BCUT2D eigenvalue weighted by molar-refractivity contribution is 5.95. The van der Waals surface area contributed by atoms with Crippen molar-refractivity contribution in [3.8, 4) is 6.07 Å². The summed E-state index contributed by atoms with van der Waals surface area (Å²) in [6, 6.07) is 6.91. The maximum Gasteiger partial charge on any atom is 0.326 e. The van der Waals surface area contributed by atoms with Gasteiger partial charge in [-0.25, -0.2) is 9.59 Å². The van der Waals surface area contributed by atoms with Crippen molar-refractivity contribution in [2.45, 2.75) is 12.5 Å². The van der Waals surface area contributed by atoms with E-state index in [2.05, 4.69) is 11.9 Å². The highest BCUT2D eigenvalue weighted by Crippen LogP contribution is 2.18. The fourth-order valence-electron chi connectivity index (χ4n) is 1.60. The molecule has 0 saturated carbocycles. The first-order valence-corrected chi connectivity index (χ1v) is 5.88. The third kappa shape index (κ3) is 3.59. The van der Waals surface area contributed by atoms with E-state index < -0.39 is 18.0 Å². The second-order valence-corrected chi connectivity index (χ2v) is 4.05. The Morgan fingerprint density at radius 3 is 2.75 bits per heavy atom. The van der Waals surface area contributed by atoms with Crippen LogP contribution in [0.5, 0.6) is 0 Å². The van der Waals surface area contributed by atoms with Crippen LogP contribution in [0.25, 0.3) is 0 Å². The molecule has 0 aromatic heterocycles. The lowest BCUT2D eigenvalue weighted by atomic mass is 10.2. The summed E-state index contributed by atoms with van der Waals surface area (Å²) >= 11 is 0. The molecule has 2 N–H and O–H groups in total. The summed E-state index contributed by atoms with van der Waals surface area (Å²) in [6.07, 6.45) is 1.54. The number of nitriles is 1. The number of carboxylic acids is 1. The third-order valence-electron chi connectivity index (χ3n) is 2.69. The summed E-state index contributed by atoms with van der Waals surface area (Å²) in [5.74, 6) is -1.14. The molecule has 1 atom stereocenters. The van der Waals surface area contributed by atoms with Crippen molar-refractivity contribution in [3.05, 3.63) is 42.5 Å². The van der Waals surface area contributed by atoms with Crippen LogP contribution in [0, 0.1) is 11.3 Å². The summed E-state index contributed by atoms with van der Waals surface area (Å²) in [5, 5.41) is 20.3. The van der Waals surface area contributed by atoms with Crippen LogP contribution in [0.2, 0.25) is 0 Å². The van der Waals surface area contributed by atoms with Crippen LogP contribution >= 0.6 is 0 Å². The van der Waals surface area contributed by atoms with Gasteiger partial charge in [-0.3, -0.25) is 4.90 Å². The number of aliphatic carboxylic acids is 1. The van der Waals surface area contributed by atoms with E-state index in [1.165, 1.54) is 18.0 Å². The van der Waals surface area contributed by atoms with Crippen molar-refractivity contribution in [2.24, 2.45) is 0 Å². The first-order chi connectivity index (χ1) is 9.51. The monoisotopic (exact) mass is 273 g/mol. The minimum Gasteiger partial charge on any atom is -0.480 e. The Bertz CT molecular complexity index is 563. The minimum absolute atomic E-state index is 0.120. The van der Waals surface area contributed by atoms with Gasteiger partial charge in [0.2, 0.25) is 0 Å². The molecule has 0 aliphatic carbocycles. The van der Waals surface area contributed by atoms with Gasteiger partial charge in [0.25, 0.3) is 0 Å². The number of rotatable bonds is 5. The van der Waals surface area contributed by atoms with Crippen LogP contribution in [-0.2, 0) is 4.79 Å². The number of urea groups is 1. The van der Waals surface area contributed by atoms with E-state index in [1.807, 2.05) is 6.07 Å². The number of hydrogen-bond acceptors (Lipinski definition) is 3. The summed E-state index contributed by atoms with van der Waals surface area (Å²) < 4.78 is 0. The van der Waals surface area contributed by atoms with Gasteiger partial charge in [0.1, 0.15) is 12.1 Å². The van der Waals surface area contributed by atoms with Crippen molar-refractivity contribution in [1.82, 2.24) is 5.32 Å². The van der Waals surface area contributed by atoms with E-state index in [4.69, 9.17) is 10.4 Å². The Hall–Kier alpha value is -2.81. The van der Waals surface area contributed by atoms with Gasteiger partial charge in [-0.1, -0.05) is 18.2 Å². The van der Waals surface area contributed by atoms with Crippen LogP contribution in [0.4, 0.5) is 10.5 Å². The molecule has 1 aromatic carbocycles. The number of amides is 2. The molecule has 0 saturated heterocycles. The molecule has 20 heavy (non-hydrogen) atoms. The molecule has 1 aromatic rings. The molecule has 0 fully saturated rings. The van der Waals surface area contributed by atoms with Gasteiger partial charge in [-0.05, 0) is 18.6 Å². The van der Waals surface area contributed by atoms with Crippen LogP contribution < -0.4 is 10.2 Å². The number of nitrogens with one attached hydrogen (secondary N) is 1. The van der Waals surface area contributed by atoms with Crippen molar-refractivity contribution >= 4 is 17.7 Å². The molecule has 0 aliphatic heterocycles. The number of hydrogen-bond donors (Lipinski definition) is 2. The average Bonchev–Trinajstić information content (AvgIpc) is 2.45. The first-order valence-electron chi connectivity index (χ1n) is 5.88. The van der Waals surface area contributed by atoms with Crippen molar-refractivity contribution in [2.75, 3.05) is 11.9 Å². The molecule has 0 spiro atoms. The van der Waals surface area contributed by atoms with Gasteiger partial charge in [0.05, 0.1) is 11.3 Å². The molecular formula is C14H15N3O3. The van der Waals surface area contributed by atoms with Gasteiger partial charge < -0.3 is 10.4 Å². The Morgan fingerprint density at radius 1 is 1.55 bits per heavy atom. The lowest BCUT2D eigenvalue weighted by molar-refractivity contribution is -0.139. The Morgan fingerprint density at radius 2 is 2.20 bits per heavy atom. The maximum atomic E-state index is 12.0. The highest BCUT2D eigenvalue weighted by atomic mass is 16.4. The van der Waals surface area contributed by atoms with E-state index in [-0.39, 0.29) is 6.42 Å². The molecule has 6 nitrogen and oxygen atoms in total. The van der Waals surface area contributed by atoms with Gasteiger partial charge in [-0.2, -0.15) is 5.26 Å². The Labute approximate surface area is 116 Å². The molecule has 0 heterocycles. The van der Waals surface area contributed by atoms with Crippen LogP contribution in [0.15, 0.2) is 36.9 Å². The highest BCUT2D eigenvalue weighted by Gasteiger charge is 2.21. The van der Waals surface area contributed by atoms with Gasteiger partial charge in [-0.15, -0.1) is 6.58 Å². The molecule has 0 bridgehead atoms. The van der Waals surface area contributed by atoms with Gasteiger partial charge in [0, 0.05) is 7.05 Å². The van der Waals surface area contributed by atoms with Crippen LogP contribution in [0.1, 0.15) is 12.0 Å². The van der Waals surface area contributed by atoms with Crippen LogP contribution in [-0.4, -0.2) is 30.2 Å². The Balaban J connectivity index is 2.89. The largest absolute Gasteiger partial charge is 0.480 e. The smallest absolute Gasteiger partial charge is 0.326 e. The minimum atomic E-state index is -1.14. The second-order valence-electron chi connectivity index (χ2n) is 4.05. The number of anilines is 1. The van der Waals surface area contributed by atoms with Crippen molar-refractivity contribution in [3.63, 3.8) is 0 Å². The number of carbonyl (C=O) groups is 2.